The van der Waals surface area contributed by atoms with Crippen LogP contribution in [0.3, 0.4) is 0 Å². The first-order valence-corrected chi connectivity index (χ1v) is 6.95. The first-order chi connectivity index (χ1) is 8.25. The summed E-state index contributed by atoms with van der Waals surface area (Å²) in [4.78, 5) is 18.5. The minimum atomic E-state index is 0.0758. The number of hydrogen-bond donors (Lipinski definition) is 0. The number of nitrogens with zero attached hydrogens (tertiary/aromatic N) is 2. The Hall–Kier alpha value is -0.900. The average molecular weight is 295 g/mol. The van der Waals surface area contributed by atoms with E-state index in [-0.39, 0.29) is 5.91 Å². The second-order valence-corrected chi connectivity index (χ2v) is 5.85. The van der Waals surface area contributed by atoms with Crippen molar-refractivity contribution in [3.05, 3.63) is 28.5 Å². The van der Waals surface area contributed by atoms with Crippen molar-refractivity contribution < 1.29 is 4.79 Å². The molecule has 0 spiro atoms. The van der Waals surface area contributed by atoms with Crippen LogP contribution in [0.4, 0.5) is 0 Å². The normalized spacial score (nSPS) is 27.2. The standard InChI is InChI=1S/C13H15BrN2O/c14-11-5-2-6-15-12(11)13(17)16-7-9-3-1-4-10(9)8-16/h2,5-6,9-10H,1,3-4,7-8H2. The molecule has 2 unspecified atom stereocenters. The van der Waals surface area contributed by atoms with Gasteiger partial charge in [0.1, 0.15) is 5.69 Å². The van der Waals surface area contributed by atoms with Crippen LogP contribution in [-0.4, -0.2) is 28.9 Å². The van der Waals surface area contributed by atoms with E-state index in [1.807, 2.05) is 17.0 Å². The summed E-state index contributed by atoms with van der Waals surface area (Å²) >= 11 is 3.40. The van der Waals surface area contributed by atoms with Gasteiger partial charge in [0.25, 0.3) is 5.91 Å². The summed E-state index contributed by atoms with van der Waals surface area (Å²) in [6.07, 6.45) is 5.59. The molecule has 2 heterocycles. The van der Waals surface area contributed by atoms with Crippen molar-refractivity contribution in [2.75, 3.05) is 13.1 Å². The quantitative estimate of drug-likeness (QED) is 0.798. The van der Waals surface area contributed by atoms with Crippen LogP contribution in [0.5, 0.6) is 0 Å². The summed E-state index contributed by atoms with van der Waals surface area (Å²) in [6.45, 7) is 1.85. The Morgan fingerprint density at radius 1 is 1.35 bits per heavy atom. The molecule has 0 bridgehead atoms. The van der Waals surface area contributed by atoms with Gasteiger partial charge >= 0.3 is 0 Å². The van der Waals surface area contributed by atoms with Crippen molar-refractivity contribution in [2.45, 2.75) is 19.3 Å². The molecule has 4 heteroatoms. The zero-order valence-corrected chi connectivity index (χ0v) is 11.2. The average Bonchev–Trinajstić information content (AvgIpc) is 2.88. The Morgan fingerprint density at radius 2 is 2.06 bits per heavy atom. The van der Waals surface area contributed by atoms with Gasteiger partial charge in [0.15, 0.2) is 0 Å². The fourth-order valence-corrected chi connectivity index (χ4v) is 3.52. The SMILES string of the molecule is O=C(c1ncccc1Br)N1CC2CCCC2C1. The molecule has 90 valence electrons. The van der Waals surface area contributed by atoms with Gasteiger partial charge in [-0.2, -0.15) is 0 Å². The molecule has 17 heavy (non-hydrogen) atoms. The number of pyridine rings is 1. The third-order valence-electron chi connectivity index (χ3n) is 3.97. The molecule has 0 N–H and O–H groups in total. The van der Waals surface area contributed by atoms with Gasteiger partial charge < -0.3 is 4.90 Å². The minimum Gasteiger partial charge on any atom is -0.337 e. The summed E-state index contributed by atoms with van der Waals surface area (Å²) in [7, 11) is 0. The van der Waals surface area contributed by atoms with Gasteiger partial charge in [-0.3, -0.25) is 4.79 Å². The topological polar surface area (TPSA) is 33.2 Å². The second-order valence-electron chi connectivity index (χ2n) is 5.00. The zero-order valence-electron chi connectivity index (χ0n) is 9.60. The van der Waals surface area contributed by atoms with Crippen LogP contribution in [0, 0.1) is 11.8 Å². The van der Waals surface area contributed by atoms with Crippen molar-refractivity contribution in [1.82, 2.24) is 9.88 Å². The van der Waals surface area contributed by atoms with Crippen LogP contribution in [-0.2, 0) is 0 Å². The predicted octanol–water partition coefficient (Wildman–Crippen LogP) is 2.72. The Kier molecular flexibility index (Phi) is 2.90. The maximum Gasteiger partial charge on any atom is 0.273 e. The molecule has 1 saturated carbocycles. The van der Waals surface area contributed by atoms with Crippen molar-refractivity contribution in [2.24, 2.45) is 11.8 Å². The van der Waals surface area contributed by atoms with Crippen LogP contribution in [0.15, 0.2) is 22.8 Å². The number of aromatic nitrogens is 1. The Morgan fingerprint density at radius 3 is 2.71 bits per heavy atom. The van der Waals surface area contributed by atoms with Gasteiger partial charge in [0, 0.05) is 23.8 Å². The molecule has 1 aromatic heterocycles. The van der Waals surface area contributed by atoms with Crippen LogP contribution < -0.4 is 0 Å². The van der Waals surface area contributed by atoms with E-state index < -0.39 is 0 Å². The number of likely N-dealkylation sites (tertiary alicyclic amines) is 1. The van der Waals surface area contributed by atoms with E-state index in [9.17, 15) is 4.79 Å². The second kappa shape index (κ2) is 4.41. The molecule has 1 aliphatic heterocycles. The first-order valence-electron chi connectivity index (χ1n) is 6.15. The molecule has 1 amide bonds. The molecule has 2 atom stereocenters. The van der Waals surface area contributed by atoms with Gasteiger partial charge in [-0.15, -0.1) is 0 Å². The highest BCUT2D eigenvalue weighted by Crippen LogP contribution is 2.38. The number of amides is 1. The minimum absolute atomic E-state index is 0.0758. The van der Waals surface area contributed by atoms with E-state index in [0.717, 1.165) is 29.4 Å². The van der Waals surface area contributed by atoms with Gasteiger partial charge in [0.05, 0.1) is 0 Å². The lowest BCUT2D eigenvalue weighted by atomic mass is 10.0. The molecule has 0 radical (unpaired) electrons. The molecule has 0 aromatic carbocycles. The lowest BCUT2D eigenvalue weighted by Crippen LogP contribution is -2.30. The summed E-state index contributed by atoms with van der Waals surface area (Å²) in [5, 5.41) is 0. The summed E-state index contributed by atoms with van der Waals surface area (Å²) in [5.74, 6) is 1.55. The monoisotopic (exact) mass is 294 g/mol. The Labute approximate surface area is 109 Å². The van der Waals surface area contributed by atoms with Crippen LogP contribution in [0.1, 0.15) is 29.8 Å². The third kappa shape index (κ3) is 1.99. The molecule has 2 fully saturated rings. The molecule has 2 aliphatic rings. The van der Waals surface area contributed by atoms with Crippen molar-refractivity contribution >= 4 is 21.8 Å². The lowest BCUT2D eigenvalue weighted by molar-refractivity contribution is 0.0774. The number of fused-ring (bicyclic) bond motifs is 1. The highest BCUT2D eigenvalue weighted by molar-refractivity contribution is 9.10. The van der Waals surface area contributed by atoms with Gasteiger partial charge in [0.2, 0.25) is 0 Å². The first kappa shape index (κ1) is 11.2. The summed E-state index contributed by atoms with van der Waals surface area (Å²) in [5.41, 5.74) is 0.549. The van der Waals surface area contributed by atoms with Crippen LogP contribution in [0.25, 0.3) is 0 Å². The maximum atomic E-state index is 12.3. The fourth-order valence-electron chi connectivity index (χ4n) is 3.09. The van der Waals surface area contributed by atoms with E-state index in [4.69, 9.17) is 0 Å². The summed E-state index contributed by atoms with van der Waals surface area (Å²) < 4.78 is 0.794. The smallest absolute Gasteiger partial charge is 0.273 e. The molecule has 1 aromatic rings. The third-order valence-corrected chi connectivity index (χ3v) is 4.61. The predicted molar refractivity (Wildman–Crippen MR) is 68.7 cm³/mol. The molecular weight excluding hydrogens is 280 g/mol. The molecule has 3 nitrogen and oxygen atoms in total. The number of carbonyl (C=O) groups is 1. The van der Waals surface area contributed by atoms with E-state index in [2.05, 4.69) is 20.9 Å². The number of rotatable bonds is 1. The lowest BCUT2D eigenvalue weighted by Gasteiger charge is -2.17. The molecule has 1 aliphatic carbocycles. The maximum absolute atomic E-state index is 12.3. The van der Waals surface area contributed by atoms with E-state index in [1.165, 1.54) is 19.3 Å². The van der Waals surface area contributed by atoms with Crippen molar-refractivity contribution in [3.63, 3.8) is 0 Å². The highest BCUT2D eigenvalue weighted by atomic mass is 79.9. The molecule has 3 rings (SSSR count). The number of hydrogen-bond acceptors (Lipinski definition) is 2. The van der Waals surface area contributed by atoms with Crippen LogP contribution in [0.2, 0.25) is 0 Å². The largest absolute Gasteiger partial charge is 0.337 e. The van der Waals surface area contributed by atoms with Gasteiger partial charge in [-0.25, -0.2) is 4.98 Å². The Balaban J connectivity index is 1.78. The van der Waals surface area contributed by atoms with Crippen LogP contribution >= 0.6 is 15.9 Å². The Bertz CT molecular complexity index is 437. The highest BCUT2D eigenvalue weighted by Gasteiger charge is 2.38. The number of halogens is 1. The van der Waals surface area contributed by atoms with E-state index in [1.54, 1.807) is 6.20 Å². The van der Waals surface area contributed by atoms with Crippen molar-refractivity contribution in [1.29, 1.82) is 0 Å². The summed E-state index contributed by atoms with van der Waals surface area (Å²) in [6, 6.07) is 3.71. The van der Waals surface area contributed by atoms with Gasteiger partial charge in [-0.1, -0.05) is 6.42 Å². The van der Waals surface area contributed by atoms with Gasteiger partial charge in [-0.05, 0) is 52.7 Å². The van der Waals surface area contributed by atoms with E-state index >= 15 is 0 Å². The van der Waals surface area contributed by atoms with Crippen molar-refractivity contribution in [3.8, 4) is 0 Å². The van der Waals surface area contributed by atoms with E-state index in [0.29, 0.717) is 5.69 Å². The molecule has 1 saturated heterocycles. The zero-order chi connectivity index (χ0) is 11.8. The molecular formula is C13H15BrN2O. The number of carbonyl (C=O) groups excluding carboxylic acids is 1. The fraction of sp³-hybridized carbons (Fsp3) is 0.538.